The molecule has 1 saturated heterocycles. The summed E-state index contributed by atoms with van der Waals surface area (Å²) in [4.78, 5) is 47.7. The maximum atomic E-state index is 13.4. The van der Waals surface area contributed by atoms with Crippen LogP contribution in [0.3, 0.4) is 0 Å². The van der Waals surface area contributed by atoms with Crippen LogP contribution in [0.4, 0.5) is 11.8 Å². The van der Waals surface area contributed by atoms with Gasteiger partial charge in [-0.1, -0.05) is 30.3 Å². The van der Waals surface area contributed by atoms with Crippen molar-refractivity contribution >= 4 is 34.4 Å². The predicted octanol–water partition coefficient (Wildman–Crippen LogP) is 2.63. The Morgan fingerprint density at radius 1 is 1.19 bits per heavy atom. The molecule has 184 valence electrons. The number of benzene rings is 2. The maximum absolute atomic E-state index is 13.4. The van der Waals surface area contributed by atoms with Crippen molar-refractivity contribution in [1.82, 2.24) is 9.97 Å². The van der Waals surface area contributed by atoms with E-state index in [9.17, 15) is 24.8 Å². The Hall–Kier alpha value is -4.39. The molecule has 2 atom stereocenters. The number of amides is 1. The first-order chi connectivity index (χ1) is 17.4. The van der Waals surface area contributed by atoms with E-state index in [1.165, 1.54) is 6.07 Å². The van der Waals surface area contributed by atoms with E-state index in [0.717, 1.165) is 5.39 Å². The van der Waals surface area contributed by atoms with Gasteiger partial charge in [0, 0.05) is 24.6 Å². The highest BCUT2D eigenvalue weighted by Gasteiger charge is 2.42. The fourth-order valence-corrected chi connectivity index (χ4v) is 5.16. The third kappa shape index (κ3) is 3.92. The molecule has 5 rings (SSSR count). The minimum Gasteiger partial charge on any atom is -0.508 e. The molecule has 3 aromatic rings. The molecule has 0 radical (unpaired) electrons. The van der Waals surface area contributed by atoms with Crippen LogP contribution >= 0.6 is 0 Å². The van der Waals surface area contributed by atoms with Gasteiger partial charge < -0.3 is 20.1 Å². The monoisotopic (exact) mass is 487 g/mol. The first-order valence-corrected chi connectivity index (χ1v) is 11.9. The molecule has 10 heteroatoms. The molecule has 10 nitrogen and oxygen atoms in total. The van der Waals surface area contributed by atoms with Gasteiger partial charge in [0.1, 0.15) is 17.5 Å². The number of hydrogen-bond donors (Lipinski definition) is 3. The number of phenols is 1. The van der Waals surface area contributed by atoms with Crippen LogP contribution in [0.1, 0.15) is 36.8 Å². The van der Waals surface area contributed by atoms with E-state index in [-0.39, 0.29) is 35.0 Å². The standard InChI is InChI=1S/C26H25N5O5/c1-2-36-25(35)15-9-11-31(12-10-15)26-29-22-21(24(34)30-26)20(17(13-27)23(33)28-22)19-16-6-4-3-5-14(16)7-8-18(19)32/h3-8,15,17,20,32H,2,9-12H2,1H3,(H2,28,29,30,33,34). The molecular weight excluding hydrogens is 462 g/mol. The summed E-state index contributed by atoms with van der Waals surface area (Å²) in [6.07, 6.45) is 1.10. The summed E-state index contributed by atoms with van der Waals surface area (Å²) >= 11 is 0. The minimum absolute atomic E-state index is 0.0649. The molecule has 1 amide bonds. The van der Waals surface area contributed by atoms with Crippen molar-refractivity contribution in [2.24, 2.45) is 11.8 Å². The first-order valence-electron chi connectivity index (χ1n) is 11.9. The summed E-state index contributed by atoms with van der Waals surface area (Å²) in [7, 11) is 0. The second kappa shape index (κ2) is 9.34. The van der Waals surface area contributed by atoms with Crippen LogP contribution in [0.2, 0.25) is 0 Å². The Kier molecular flexibility index (Phi) is 6.06. The fourth-order valence-electron chi connectivity index (χ4n) is 5.16. The molecule has 2 unspecified atom stereocenters. The molecule has 2 aliphatic heterocycles. The number of aromatic hydroxyl groups is 1. The molecule has 1 fully saturated rings. The van der Waals surface area contributed by atoms with Crippen molar-refractivity contribution in [3.05, 3.63) is 57.9 Å². The Morgan fingerprint density at radius 3 is 2.67 bits per heavy atom. The number of nitriles is 1. The quantitative estimate of drug-likeness (QED) is 0.476. The smallest absolute Gasteiger partial charge is 0.309 e. The van der Waals surface area contributed by atoms with Gasteiger partial charge in [-0.15, -0.1) is 0 Å². The lowest BCUT2D eigenvalue weighted by Gasteiger charge is -2.33. The van der Waals surface area contributed by atoms with Gasteiger partial charge in [-0.3, -0.25) is 19.4 Å². The van der Waals surface area contributed by atoms with Crippen LogP contribution in [0.15, 0.2) is 41.2 Å². The lowest BCUT2D eigenvalue weighted by molar-refractivity contribution is -0.148. The number of ether oxygens (including phenoxy) is 1. The number of carbonyl (C=O) groups is 2. The van der Waals surface area contributed by atoms with Gasteiger partial charge in [0.05, 0.1) is 24.2 Å². The van der Waals surface area contributed by atoms with E-state index in [0.29, 0.717) is 43.5 Å². The zero-order valence-corrected chi connectivity index (χ0v) is 19.7. The number of carbonyl (C=O) groups excluding carboxylic acids is 2. The number of esters is 1. The highest BCUT2D eigenvalue weighted by molar-refractivity contribution is 5.99. The minimum atomic E-state index is -1.23. The summed E-state index contributed by atoms with van der Waals surface area (Å²) in [6.45, 7) is 3.06. The number of H-pyrrole nitrogens is 1. The van der Waals surface area contributed by atoms with Crippen molar-refractivity contribution in [3.63, 3.8) is 0 Å². The van der Waals surface area contributed by atoms with E-state index < -0.39 is 23.3 Å². The average Bonchev–Trinajstić information content (AvgIpc) is 2.88. The maximum Gasteiger partial charge on any atom is 0.309 e. The van der Waals surface area contributed by atoms with Gasteiger partial charge in [-0.2, -0.15) is 10.2 Å². The highest BCUT2D eigenvalue weighted by atomic mass is 16.5. The second-order valence-corrected chi connectivity index (χ2v) is 8.96. The molecule has 3 N–H and O–H groups in total. The first kappa shape index (κ1) is 23.4. The number of aromatic nitrogens is 2. The summed E-state index contributed by atoms with van der Waals surface area (Å²) in [5.74, 6) is -3.03. The van der Waals surface area contributed by atoms with Crippen molar-refractivity contribution < 1.29 is 19.4 Å². The number of nitrogens with one attached hydrogen (secondary N) is 2. The van der Waals surface area contributed by atoms with Gasteiger partial charge in [-0.25, -0.2) is 0 Å². The molecule has 1 aromatic heterocycles. The molecule has 0 saturated carbocycles. The zero-order valence-electron chi connectivity index (χ0n) is 19.7. The Morgan fingerprint density at radius 2 is 1.94 bits per heavy atom. The number of piperidine rings is 1. The Balaban J connectivity index is 1.56. The Bertz CT molecular complexity index is 1450. The molecule has 2 aliphatic rings. The molecule has 2 aromatic carbocycles. The van der Waals surface area contributed by atoms with E-state index in [4.69, 9.17) is 4.74 Å². The van der Waals surface area contributed by atoms with Crippen LogP contribution in [0, 0.1) is 23.2 Å². The third-order valence-corrected chi connectivity index (χ3v) is 6.92. The van der Waals surface area contributed by atoms with E-state index in [2.05, 4.69) is 15.3 Å². The average molecular weight is 488 g/mol. The normalized spacial score (nSPS) is 19.9. The topological polar surface area (TPSA) is 148 Å². The fraction of sp³-hybridized carbons (Fsp3) is 0.346. The predicted molar refractivity (Wildman–Crippen MR) is 132 cm³/mol. The number of fused-ring (bicyclic) bond motifs is 2. The molecule has 0 aliphatic carbocycles. The van der Waals surface area contributed by atoms with Crippen LogP contribution < -0.4 is 15.8 Å². The second-order valence-electron chi connectivity index (χ2n) is 8.96. The van der Waals surface area contributed by atoms with Crippen LogP contribution in [0.25, 0.3) is 10.8 Å². The SMILES string of the molecule is CCOC(=O)C1CCN(c2nc3c(c(=O)[nH]2)C(c2c(O)ccc4ccccc24)C(C#N)C(=O)N3)CC1. The molecule has 0 spiro atoms. The van der Waals surface area contributed by atoms with E-state index in [1.54, 1.807) is 25.1 Å². The van der Waals surface area contributed by atoms with E-state index in [1.807, 2.05) is 23.1 Å². The van der Waals surface area contributed by atoms with Crippen molar-refractivity contribution in [3.8, 4) is 11.8 Å². The number of nitrogens with zero attached hydrogens (tertiary/aromatic N) is 3. The zero-order chi connectivity index (χ0) is 25.4. The number of hydrogen-bond acceptors (Lipinski definition) is 8. The molecule has 3 heterocycles. The summed E-state index contributed by atoms with van der Waals surface area (Å²) in [5.41, 5.74) is -0.0379. The summed E-state index contributed by atoms with van der Waals surface area (Å²) < 4.78 is 5.12. The lowest BCUT2D eigenvalue weighted by atomic mass is 9.77. The number of aromatic amines is 1. The Labute approximate surface area is 206 Å². The third-order valence-electron chi connectivity index (χ3n) is 6.92. The molecular formula is C26H25N5O5. The molecule has 0 bridgehead atoms. The van der Waals surface area contributed by atoms with Crippen molar-refractivity contribution in [2.45, 2.75) is 25.7 Å². The van der Waals surface area contributed by atoms with Gasteiger partial charge in [0.15, 0.2) is 0 Å². The summed E-state index contributed by atoms with van der Waals surface area (Å²) in [5, 5.41) is 24.8. The van der Waals surface area contributed by atoms with Crippen molar-refractivity contribution in [1.29, 1.82) is 5.26 Å². The van der Waals surface area contributed by atoms with Gasteiger partial charge in [0.2, 0.25) is 11.9 Å². The lowest BCUT2D eigenvalue weighted by Crippen LogP contribution is -2.41. The number of anilines is 2. The summed E-state index contributed by atoms with van der Waals surface area (Å²) in [6, 6.07) is 12.5. The van der Waals surface area contributed by atoms with Crippen LogP contribution in [-0.4, -0.2) is 46.6 Å². The number of rotatable bonds is 4. The highest BCUT2D eigenvalue weighted by Crippen LogP contribution is 2.44. The van der Waals surface area contributed by atoms with Gasteiger partial charge >= 0.3 is 5.97 Å². The van der Waals surface area contributed by atoms with Crippen LogP contribution in [0.5, 0.6) is 5.75 Å². The van der Waals surface area contributed by atoms with Crippen LogP contribution in [-0.2, 0) is 14.3 Å². The van der Waals surface area contributed by atoms with Crippen molar-refractivity contribution in [2.75, 3.05) is 29.9 Å². The van der Waals surface area contributed by atoms with E-state index >= 15 is 0 Å². The molecule has 36 heavy (non-hydrogen) atoms. The number of phenolic OH excluding ortho intramolecular Hbond substituents is 1. The van der Waals surface area contributed by atoms with Gasteiger partial charge in [0.25, 0.3) is 5.56 Å². The largest absolute Gasteiger partial charge is 0.508 e. The van der Waals surface area contributed by atoms with Gasteiger partial charge in [-0.05, 0) is 36.6 Å².